The van der Waals surface area contributed by atoms with Gasteiger partial charge in [-0.3, -0.25) is 0 Å². The van der Waals surface area contributed by atoms with Gasteiger partial charge in [0.25, 0.3) is 0 Å². The highest BCUT2D eigenvalue weighted by Gasteiger charge is 2.12. The van der Waals surface area contributed by atoms with E-state index in [1.54, 1.807) is 11.3 Å². The zero-order valence-corrected chi connectivity index (χ0v) is 12.8. The van der Waals surface area contributed by atoms with Crippen LogP contribution in [-0.4, -0.2) is 16.7 Å². The second kappa shape index (κ2) is 6.26. The zero-order chi connectivity index (χ0) is 13.8. The highest BCUT2D eigenvalue weighted by Crippen LogP contribution is 2.27. The minimum absolute atomic E-state index is 0.270. The molecule has 3 nitrogen and oxygen atoms in total. The first-order valence-electron chi connectivity index (χ1n) is 6.79. The molecule has 0 amide bonds. The van der Waals surface area contributed by atoms with Crippen LogP contribution in [0.3, 0.4) is 0 Å². The van der Waals surface area contributed by atoms with Gasteiger partial charge >= 0.3 is 0 Å². The molecule has 1 unspecified atom stereocenters. The van der Waals surface area contributed by atoms with E-state index >= 15 is 0 Å². The fraction of sp³-hybridized carbons (Fsp3) is 0.467. The summed E-state index contributed by atoms with van der Waals surface area (Å²) in [5, 5.41) is 14.0. The third-order valence-corrected chi connectivity index (χ3v) is 4.30. The standard InChI is InChI=1S/C15H21N3S/c1-5-16-11(4)14-17-18-15(19-14)13-8-6-12(7-9-13)10(2)3/h6-11,16H,5H2,1-4H3. The Morgan fingerprint density at radius 3 is 2.37 bits per heavy atom. The van der Waals surface area contributed by atoms with E-state index < -0.39 is 0 Å². The van der Waals surface area contributed by atoms with Gasteiger partial charge in [0, 0.05) is 5.56 Å². The van der Waals surface area contributed by atoms with Crippen molar-refractivity contribution in [3.8, 4) is 10.6 Å². The van der Waals surface area contributed by atoms with E-state index in [1.165, 1.54) is 5.56 Å². The van der Waals surface area contributed by atoms with Crippen LogP contribution >= 0.6 is 11.3 Å². The van der Waals surface area contributed by atoms with Crippen molar-refractivity contribution < 1.29 is 0 Å². The topological polar surface area (TPSA) is 37.8 Å². The van der Waals surface area contributed by atoms with Gasteiger partial charge in [-0.1, -0.05) is 56.4 Å². The molecule has 0 spiro atoms. The fourth-order valence-corrected chi connectivity index (χ4v) is 2.81. The number of nitrogens with zero attached hydrogens (tertiary/aromatic N) is 2. The van der Waals surface area contributed by atoms with E-state index in [2.05, 4.69) is 67.5 Å². The Hall–Kier alpha value is -1.26. The highest BCUT2D eigenvalue weighted by atomic mass is 32.1. The van der Waals surface area contributed by atoms with E-state index in [-0.39, 0.29) is 6.04 Å². The van der Waals surface area contributed by atoms with Gasteiger partial charge < -0.3 is 5.32 Å². The van der Waals surface area contributed by atoms with E-state index in [1.807, 2.05) is 0 Å². The van der Waals surface area contributed by atoms with Gasteiger partial charge in [-0.2, -0.15) is 0 Å². The first-order valence-corrected chi connectivity index (χ1v) is 7.60. The lowest BCUT2D eigenvalue weighted by Crippen LogP contribution is -2.17. The maximum absolute atomic E-state index is 4.29. The molecule has 1 atom stereocenters. The molecule has 0 fully saturated rings. The third kappa shape index (κ3) is 3.39. The van der Waals surface area contributed by atoms with Crippen molar-refractivity contribution in [2.75, 3.05) is 6.54 Å². The molecule has 0 saturated heterocycles. The van der Waals surface area contributed by atoms with Gasteiger partial charge in [0.2, 0.25) is 0 Å². The minimum atomic E-state index is 0.270. The molecule has 0 aliphatic heterocycles. The molecule has 19 heavy (non-hydrogen) atoms. The summed E-state index contributed by atoms with van der Waals surface area (Å²) >= 11 is 1.66. The van der Waals surface area contributed by atoms with Gasteiger partial charge in [0.05, 0.1) is 6.04 Å². The Bertz CT molecular complexity index is 516. The quantitative estimate of drug-likeness (QED) is 0.896. The van der Waals surface area contributed by atoms with Crippen molar-refractivity contribution in [3.63, 3.8) is 0 Å². The molecule has 0 radical (unpaired) electrons. The Morgan fingerprint density at radius 2 is 1.79 bits per heavy atom. The maximum Gasteiger partial charge on any atom is 0.147 e. The largest absolute Gasteiger partial charge is 0.308 e. The summed E-state index contributed by atoms with van der Waals surface area (Å²) in [5.41, 5.74) is 2.51. The zero-order valence-electron chi connectivity index (χ0n) is 12.0. The van der Waals surface area contributed by atoms with Gasteiger partial charge in [-0.05, 0) is 24.9 Å². The summed E-state index contributed by atoms with van der Waals surface area (Å²) < 4.78 is 0. The number of rotatable bonds is 5. The van der Waals surface area contributed by atoms with Crippen LogP contribution in [0.15, 0.2) is 24.3 Å². The summed E-state index contributed by atoms with van der Waals surface area (Å²) in [6.07, 6.45) is 0. The van der Waals surface area contributed by atoms with Crippen LogP contribution < -0.4 is 5.32 Å². The van der Waals surface area contributed by atoms with E-state index in [0.29, 0.717) is 5.92 Å². The average Bonchev–Trinajstić information content (AvgIpc) is 2.89. The van der Waals surface area contributed by atoms with Crippen molar-refractivity contribution >= 4 is 11.3 Å². The molecular weight excluding hydrogens is 254 g/mol. The molecular formula is C15H21N3S. The predicted molar refractivity (Wildman–Crippen MR) is 81.5 cm³/mol. The number of nitrogens with one attached hydrogen (secondary N) is 1. The number of benzene rings is 1. The van der Waals surface area contributed by atoms with Gasteiger partial charge in [-0.15, -0.1) is 10.2 Å². The van der Waals surface area contributed by atoms with E-state index in [4.69, 9.17) is 0 Å². The first kappa shape index (κ1) is 14.2. The number of hydrogen-bond donors (Lipinski definition) is 1. The van der Waals surface area contributed by atoms with Crippen LogP contribution in [-0.2, 0) is 0 Å². The molecule has 1 heterocycles. The Balaban J connectivity index is 2.18. The minimum Gasteiger partial charge on any atom is -0.308 e. The normalized spacial score (nSPS) is 12.9. The molecule has 1 aromatic heterocycles. The molecule has 102 valence electrons. The Kier molecular flexibility index (Phi) is 4.66. The number of hydrogen-bond acceptors (Lipinski definition) is 4. The van der Waals surface area contributed by atoms with Crippen molar-refractivity contribution in [1.29, 1.82) is 0 Å². The summed E-state index contributed by atoms with van der Waals surface area (Å²) in [7, 11) is 0. The molecule has 0 aliphatic carbocycles. The summed E-state index contributed by atoms with van der Waals surface area (Å²) in [6.45, 7) is 9.57. The monoisotopic (exact) mass is 275 g/mol. The lowest BCUT2D eigenvalue weighted by molar-refractivity contribution is 0.590. The second-order valence-electron chi connectivity index (χ2n) is 5.00. The number of aromatic nitrogens is 2. The molecule has 0 saturated carbocycles. The van der Waals surface area contributed by atoms with Crippen molar-refractivity contribution in [1.82, 2.24) is 15.5 Å². The highest BCUT2D eigenvalue weighted by molar-refractivity contribution is 7.14. The third-order valence-electron chi connectivity index (χ3n) is 3.15. The molecule has 4 heteroatoms. The van der Waals surface area contributed by atoms with E-state index in [9.17, 15) is 0 Å². The van der Waals surface area contributed by atoms with Crippen LogP contribution in [0.2, 0.25) is 0 Å². The van der Waals surface area contributed by atoms with Crippen molar-refractivity contribution in [2.24, 2.45) is 0 Å². The molecule has 2 aromatic rings. The molecule has 2 rings (SSSR count). The average molecular weight is 275 g/mol. The van der Waals surface area contributed by atoms with Crippen LogP contribution in [0, 0.1) is 0 Å². The predicted octanol–water partition coefficient (Wildman–Crippen LogP) is 4.00. The fourth-order valence-electron chi connectivity index (χ4n) is 1.93. The molecule has 0 bridgehead atoms. The second-order valence-corrected chi connectivity index (χ2v) is 6.01. The van der Waals surface area contributed by atoms with Gasteiger partial charge in [0.15, 0.2) is 0 Å². The van der Waals surface area contributed by atoms with Crippen LogP contribution in [0.25, 0.3) is 10.6 Å². The summed E-state index contributed by atoms with van der Waals surface area (Å²) in [5.74, 6) is 0.563. The molecule has 1 N–H and O–H groups in total. The lowest BCUT2D eigenvalue weighted by Gasteiger charge is -2.06. The summed E-state index contributed by atoms with van der Waals surface area (Å²) in [6, 6.07) is 8.89. The van der Waals surface area contributed by atoms with Gasteiger partial charge in [0.1, 0.15) is 10.0 Å². The molecule has 1 aromatic carbocycles. The first-order chi connectivity index (χ1) is 9.11. The van der Waals surface area contributed by atoms with Gasteiger partial charge in [-0.25, -0.2) is 0 Å². The lowest BCUT2D eigenvalue weighted by atomic mass is 10.0. The van der Waals surface area contributed by atoms with Crippen LogP contribution in [0.5, 0.6) is 0 Å². The summed E-state index contributed by atoms with van der Waals surface area (Å²) in [4.78, 5) is 0. The molecule has 0 aliphatic rings. The smallest absolute Gasteiger partial charge is 0.147 e. The van der Waals surface area contributed by atoms with Crippen LogP contribution in [0.1, 0.15) is 50.2 Å². The Labute approximate surface area is 119 Å². The Morgan fingerprint density at radius 1 is 1.11 bits per heavy atom. The van der Waals surface area contributed by atoms with Crippen molar-refractivity contribution in [2.45, 2.75) is 39.7 Å². The maximum atomic E-state index is 4.29. The van der Waals surface area contributed by atoms with E-state index in [0.717, 1.165) is 22.1 Å². The van der Waals surface area contributed by atoms with Crippen molar-refractivity contribution in [3.05, 3.63) is 34.8 Å². The van der Waals surface area contributed by atoms with Crippen LogP contribution in [0.4, 0.5) is 0 Å². The SMILES string of the molecule is CCNC(C)c1nnc(-c2ccc(C(C)C)cc2)s1.